The molecule has 1 unspecified atom stereocenters. The highest BCUT2D eigenvalue weighted by molar-refractivity contribution is 6.31. The van der Waals surface area contributed by atoms with Gasteiger partial charge in [0.25, 0.3) is 0 Å². The number of aromatic nitrogens is 1. The summed E-state index contributed by atoms with van der Waals surface area (Å²) in [5, 5.41) is 0.649. The average Bonchev–Trinajstić information content (AvgIpc) is 2.86. The van der Waals surface area contributed by atoms with Gasteiger partial charge in [-0.1, -0.05) is 18.5 Å². The Morgan fingerprint density at radius 3 is 3.00 bits per heavy atom. The topological polar surface area (TPSA) is 45.4 Å². The Kier molecular flexibility index (Phi) is 5.02. The van der Waals surface area contributed by atoms with Gasteiger partial charge in [0.2, 0.25) is 0 Å². The molecule has 1 fully saturated rings. The van der Waals surface area contributed by atoms with Crippen molar-refractivity contribution in [2.75, 3.05) is 31.6 Å². The Bertz CT molecular complexity index is 424. The minimum Gasteiger partial charge on any atom is -0.358 e. The normalized spacial score (nSPS) is 19.9. The van der Waals surface area contributed by atoms with E-state index >= 15 is 0 Å². The smallest absolute Gasteiger partial charge is 0.128 e. The van der Waals surface area contributed by atoms with E-state index < -0.39 is 0 Å². The molecule has 5 heteroatoms. The SMILES string of the molecule is CCN1CCCC1CN(C)c1ccc(Cl)c(CN)n1. The summed E-state index contributed by atoms with van der Waals surface area (Å²) >= 11 is 6.05. The van der Waals surface area contributed by atoms with E-state index in [-0.39, 0.29) is 0 Å². The van der Waals surface area contributed by atoms with Crippen molar-refractivity contribution in [3.63, 3.8) is 0 Å². The molecule has 2 N–H and O–H groups in total. The van der Waals surface area contributed by atoms with Crippen molar-refractivity contribution in [1.82, 2.24) is 9.88 Å². The number of likely N-dealkylation sites (N-methyl/N-ethyl adjacent to an activating group) is 2. The van der Waals surface area contributed by atoms with Gasteiger partial charge in [0, 0.05) is 26.2 Å². The summed E-state index contributed by atoms with van der Waals surface area (Å²) in [4.78, 5) is 9.27. The first-order valence-electron chi connectivity index (χ1n) is 6.96. The predicted molar refractivity (Wildman–Crippen MR) is 80.7 cm³/mol. The molecule has 1 atom stereocenters. The second-order valence-corrected chi connectivity index (χ2v) is 5.51. The Hall–Kier alpha value is -0.840. The van der Waals surface area contributed by atoms with Crippen LogP contribution in [0.2, 0.25) is 5.02 Å². The number of pyridine rings is 1. The van der Waals surface area contributed by atoms with Crippen LogP contribution in [0.4, 0.5) is 5.82 Å². The number of rotatable bonds is 5. The molecule has 0 amide bonds. The number of hydrogen-bond donors (Lipinski definition) is 1. The highest BCUT2D eigenvalue weighted by Gasteiger charge is 2.24. The summed E-state index contributed by atoms with van der Waals surface area (Å²) in [6, 6.07) is 4.48. The number of halogens is 1. The zero-order valence-electron chi connectivity index (χ0n) is 11.8. The minimum atomic E-state index is 0.380. The summed E-state index contributed by atoms with van der Waals surface area (Å²) in [5.41, 5.74) is 6.42. The van der Waals surface area contributed by atoms with Crippen molar-refractivity contribution in [2.24, 2.45) is 5.73 Å². The lowest BCUT2D eigenvalue weighted by Gasteiger charge is -2.28. The molecule has 1 aromatic rings. The molecule has 0 aromatic carbocycles. The van der Waals surface area contributed by atoms with Gasteiger partial charge in [0.05, 0.1) is 10.7 Å². The number of nitrogens with zero attached hydrogens (tertiary/aromatic N) is 3. The van der Waals surface area contributed by atoms with Crippen LogP contribution in [-0.4, -0.2) is 42.6 Å². The maximum atomic E-state index is 6.05. The molecule has 19 heavy (non-hydrogen) atoms. The van der Waals surface area contributed by atoms with Gasteiger partial charge in [-0.25, -0.2) is 4.98 Å². The third kappa shape index (κ3) is 3.38. The third-order valence-electron chi connectivity index (χ3n) is 3.88. The molecule has 2 heterocycles. The Morgan fingerprint density at radius 2 is 2.32 bits per heavy atom. The molecule has 2 rings (SSSR count). The van der Waals surface area contributed by atoms with Gasteiger partial charge in [-0.3, -0.25) is 4.90 Å². The fraction of sp³-hybridized carbons (Fsp3) is 0.643. The maximum absolute atomic E-state index is 6.05. The Labute approximate surface area is 120 Å². The molecule has 0 bridgehead atoms. The van der Waals surface area contributed by atoms with Crippen molar-refractivity contribution in [3.05, 3.63) is 22.8 Å². The summed E-state index contributed by atoms with van der Waals surface area (Å²) in [6.45, 7) is 5.96. The molecule has 0 spiro atoms. The van der Waals surface area contributed by atoms with E-state index in [1.54, 1.807) is 0 Å². The molecule has 0 aliphatic carbocycles. The van der Waals surface area contributed by atoms with Crippen molar-refractivity contribution in [2.45, 2.75) is 32.4 Å². The maximum Gasteiger partial charge on any atom is 0.128 e. The van der Waals surface area contributed by atoms with Gasteiger partial charge < -0.3 is 10.6 Å². The number of nitrogens with two attached hydrogens (primary N) is 1. The molecule has 4 nitrogen and oxygen atoms in total. The summed E-state index contributed by atoms with van der Waals surface area (Å²) in [5.74, 6) is 0.952. The first kappa shape index (κ1) is 14.6. The van der Waals surface area contributed by atoms with E-state index in [9.17, 15) is 0 Å². The zero-order valence-corrected chi connectivity index (χ0v) is 12.5. The largest absolute Gasteiger partial charge is 0.358 e. The standard InChI is InChI=1S/C14H23ClN4/c1-3-19-8-4-5-11(19)10-18(2)14-7-6-12(15)13(9-16)17-14/h6-7,11H,3-5,8-10,16H2,1-2H3. The predicted octanol–water partition coefficient (Wildman–Crippen LogP) is 2.11. The molecular weight excluding hydrogens is 260 g/mol. The van der Waals surface area contributed by atoms with Crippen LogP contribution < -0.4 is 10.6 Å². The molecule has 1 aromatic heterocycles. The second kappa shape index (κ2) is 6.55. The fourth-order valence-electron chi connectivity index (χ4n) is 2.76. The van der Waals surface area contributed by atoms with Gasteiger partial charge in [-0.15, -0.1) is 0 Å². The quantitative estimate of drug-likeness (QED) is 0.898. The van der Waals surface area contributed by atoms with E-state index in [2.05, 4.69) is 28.8 Å². The molecule has 1 saturated heterocycles. The van der Waals surface area contributed by atoms with Gasteiger partial charge in [-0.05, 0) is 38.1 Å². The number of likely N-dealkylation sites (tertiary alicyclic amines) is 1. The van der Waals surface area contributed by atoms with Gasteiger partial charge >= 0.3 is 0 Å². The van der Waals surface area contributed by atoms with E-state index in [4.69, 9.17) is 17.3 Å². The minimum absolute atomic E-state index is 0.380. The molecule has 0 saturated carbocycles. The van der Waals surface area contributed by atoms with Crippen LogP contribution in [0.25, 0.3) is 0 Å². The van der Waals surface area contributed by atoms with Crippen molar-refractivity contribution in [1.29, 1.82) is 0 Å². The summed E-state index contributed by atoms with van der Waals surface area (Å²) in [7, 11) is 2.09. The lowest BCUT2D eigenvalue weighted by molar-refractivity contribution is 0.270. The van der Waals surface area contributed by atoms with Crippen LogP contribution >= 0.6 is 11.6 Å². The molecule has 1 aliphatic rings. The van der Waals surface area contributed by atoms with Gasteiger partial charge in [-0.2, -0.15) is 0 Å². The second-order valence-electron chi connectivity index (χ2n) is 5.11. The van der Waals surface area contributed by atoms with Crippen LogP contribution in [0.1, 0.15) is 25.5 Å². The Morgan fingerprint density at radius 1 is 1.53 bits per heavy atom. The highest BCUT2D eigenvalue weighted by atomic mass is 35.5. The average molecular weight is 283 g/mol. The lowest BCUT2D eigenvalue weighted by Crippen LogP contribution is -2.39. The number of anilines is 1. The van der Waals surface area contributed by atoms with E-state index in [0.29, 0.717) is 17.6 Å². The first-order chi connectivity index (χ1) is 9.15. The van der Waals surface area contributed by atoms with E-state index in [1.807, 2.05) is 12.1 Å². The van der Waals surface area contributed by atoms with Crippen molar-refractivity contribution < 1.29 is 0 Å². The van der Waals surface area contributed by atoms with Gasteiger partial charge in [0.1, 0.15) is 5.82 Å². The van der Waals surface area contributed by atoms with Crippen molar-refractivity contribution >= 4 is 17.4 Å². The van der Waals surface area contributed by atoms with E-state index in [0.717, 1.165) is 24.6 Å². The van der Waals surface area contributed by atoms with Crippen LogP contribution in [0.5, 0.6) is 0 Å². The van der Waals surface area contributed by atoms with Crippen LogP contribution in [0.15, 0.2) is 12.1 Å². The Balaban J connectivity index is 2.05. The van der Waals surface area contributed by atoms with Crippen molar-refractivity contribution in [3.8, 4) is 0 Å². The van der Waals surface area contributed by atoms with Crippen LogP contribution in [0.3, 0.4) is 0 Å². The monoisotopic (exact) mass is 282 g/mol. The summed E-state index contributed by atoms with van der Waals surface area (Å²) in [6.07, 6.45) is 2.57. The first-order valence-corrected chi connectivity index (χ1v) is 7.34. The number of hydrogen-bond acceptors (Lipinski definition) is 4. The fourth-order valence-corrected chi connectivity index (χ4v) is 2.94. The van der Waals surface area contributed by atoms with E-state index in [1.165, 1.54) is 19.4 Å². The van der Waals surface area contributed by atoms with Crippen LogP contribution in [-0.2, 0) is 6.54 Å². The molecule has 106 valence electrons. The zero-order chi connectivity index (χ0) is 13.8. The summed E-state index contributed by atoms with van der Waals surface area (Å²) < 4.78 is 0. The molecular formula is C14H23ClN4. The third-order valence-corrected chi connectivity index (χ3v) is 4.22. The lowest BCUT2D eigenvalue weighted by atomic mass is 10.2. The molecule has 0 radical (unpaired) electrons. The van der Waals surface area contributed by atoms with Gasteiger partial charge in [0.15, 0.2) is 0 Å². The van der Waals surface area contributed by atoms with Crippen LogP contribution in [0, 0.1) is 0 Å². The molecule has 1 aliphatic heterocycles. The highest BCUT2D eigenvalue weighted by Crippen LogP contribution is 2.22.